The first-order chi connectivity index (χ1) is 6.81. The second-order valence-corrected chi connectivity index (χ2v) is 4.50. The van der Waals surface area contributed by atoms with E-state index in [0.717, 1.165) is 40.9 Å². The van der Waals surface area contributed by atoms with Crippen LogP contribution in [-0.2, 0) is 6.42 Å². The number of unbranched alkanes of at least 4 members (excludes halogenated alkanes) is 1. The Bertz CT molecular complexity index is 422. The van der Waals surface area contributed by atoms with Crippen molar-refractivity contribution < 1.29 is 0 Å². The largest absolute Gasteiger partial charge is 0.234 e. The van der Waals surface area contributed by atoms with Crippen molar-refractivity contribution in [2.45, 2.75) is 26.2 Å². The lowest BCUT2D eigenvalue weighted by molar-refractivity contribution is 0.766. The molecule has 0 amide bonds. The molecule has 0 radical (unpaired) electrons. The third-order valence-electron chi connectivity index (χ3n) is 1.96. The molecule has 2 rings (SSSR count). The fraction of sp³-hybridized carbons (Fsp3) is 0.625. The minimum Gasteiger partial charge on any atom is -0.188 e. The van der Waals surface area contributed by atoms with E-state index in [0.29, 0.717) is 0 Å². The van der Waals surface area contributed by atoms with Gasteiger partial charge in [0.1, 0.15) is 5.01 Å². The average Bonchev–Trinajstić information content (AvgIpc) is 2.70. The predicted octanol–water partition coefficient (Wildman–Crippen LogP) is 2.06. The SMILES string of the molecule is Cc1nnc2sc(CCCCCl)nn12. The summed E-state index contributed by atoms with van der Waals surface area (Å²) in [7, 11) is 0. The number of halogens is 1. The predicted molar refractivity (Wildman–Crippen MR) is 57.1 cm³/mol. The van der Waals surface area contributed by atoms with Crippen LogP contribution in [-0.4, -0.2) is 25.7 Å². The van der Waals surface area contributed by atoms with E-state index in [9.17, 15) is 0 Å². The molecule has 0 N–H and O–H groups in total. The first-order valence-corrected chi connectivity index (χ1v) is 5.90. The van der Waals surface area contributed by atoms with E-state index < -0.39 is 0 Å². The molecule has 0 aliphatic rings. The molecule has 0 fully saturated rings. The van der Waals surface area contributed by atoms with Crippen LogP contribution in [0.5, 0.6) is 0 Å². The van der Waals surface area contributed by atoms with Crippen LogP contribution in [0.25, 0.3) is 4.96 Å². The Hall–Kier alpha value is -0.680. The van der Waals surface area contributed by atoms with Crippen molar-refractivity contribution in [3.63, 3.8) is 0 Å². The molecule has 2 aromatic heterocycles. The lowest BCUT2D eigenvalue weighted by Crippen LogP contribution is -1.91. The first-order valence-electron chi connectivity index (χ1n) is 4.55. The summed E-state index contributed by atoms with van der Waals surface area (Å²) in [5.41, 5.74) is 0. The molecule has 0 spiro atoms. The maximum atomic E-state index is 5.61. The number of aromatic nitrogens is 4. The molecule has 14 heavy (non-hydrogen) atoms. The number of rotatable bonds is 4. The summed E-state index contributed by atoms with van der Waals surface area (Å²) in [6, 6.07) is 0. The number of alkyl halides is 1. The van der Waals surface area contributed by atoms with Crippen LogP contribution in [0.2, 0.25) is 0 Å². The zero-order valence-corrected chi connectivity index (χ0v) is 9.48. The standard InChI is InChI=1S/C8H11ClN4S/c1-6-10-11-8-13(6)12-7(14-8)4-2-3-5-9/h2-5H2,1H3. The van der Waals surface area contributed by atoms with Crippen molar-refractivity contribution in [1.82, 2.24) is 19.8 Å². The number of hydrogen-bond acceptors (Lipinski definition) is 4. The third kappa shape index (κ3) is 1.88. The van der Waals surface area contributed by atoms with E-state index in [4.69, 9.17) is 11.6 Å². The molecular formula is C8H11ClN4S. The zero-order valence-electron chi connectivity index (χ0n) is 7.90. The molecule has 0 saturated carbocycles. The summed E-state index contributed by atoms with van der Waals surface area (Å²) in [4.78, 5) is 0.878. The van der Waals surface area contributed by atoms with Crippen LogP contribution >= 0.6 is 22.9 Å². The van der Waals surface area contributed by atoms with Crippen LogP contribution in [0, 0.1) is 6.92 Å². The molecule has 0 aromatic carbocycles. The van der Waals surface area contributed by atoms with Gasteiger partial charge in [-0.1, -0.05) is 11.3 Å². The number of fused-ring (bicyclic) bond motifs is 1. The molecule has 76 valence electrons. The molecule has 0 aliphatic carbocycles. The summed E-state index contributed by atoms with van der Waals surface area (Å²) in [5.74, 6) is 1.57. The lowest BCUT2D eigenvalue weighted by atomic mass is 10.3. The smallest absolute Gasteiger partial charge is 0.188 e. The van der Waals surface area contributed by atoms with Gasteiger partial charge in [0.2, 0.25) is 4.96 Å². The Morgan fingerprint density at radius 3 is 2.93 bits per heavy atom. The first kappa shape index (κ1) is 9.86. The Morgan fingerprint density at radius 1 is 1.36 bits per heavy atom. The summed E-state index contributed by atoms with van der Waals surface area (Å²) < 4.78 is 1.79. The normalized spacial score (nSPS) is 11.3. The van der Waals surface area contributed by atoms with Crippen LogP contribution in [0.1, 0.15) is 23.7 Å². The molecule has 0 bridgehead atoms. The Morgan fingerprint density at radius 2 is 2.21 bits per heavy atom. The molecule has 2 aromatic rings. The van der Waals surface area contributed by atoms with Gasteiger partial charge in [-0.25, -0.2) is 0 Å². The van der Waals surface area contributed by atoms with Gasteiger partial charge in [0.05, 0.1) is 0 Å². The zero-order chi connectivity index (χ0) is 9.97. The van der Waals surface area contributed by atoms with Gasteiger partial charge in [0, 0.05) is 12.3 Å². The summed E-state index contributed by atoms with van der Waals surface area (Å²) in [6.45, 7) is 1.91. The van der Waals surface area contributed by atoms with Crippen molar-refractivity contribution >= 4 is 27.9 Å². The summed E-state index contributed by atoms with van der Waals surface area (Å²) in [5, 5.41) is 13.5. The molecule has 2 heterocycles. The van der Waals surface area contributed by atoms with Crippen molar-refractivity contribution in [1.29, 1.82) is 0 Å². The van der Waals surface area contributed by atoms with E-state index >= 15 is 0 Å². The highest BCUT2D eigenvalue weighted by Crippen LogP contribution is 2.15. The van der Waals surface area contributed by atoms with Gasteiger partial charge in [0.15, 0.2) is 5.82 Å². The Kier molecular flexibility index (Phi) is 2.98. The minimum absolute atomic E-state index is 0.725. The maximum Gasteiger partial charge on any atom is 0.234 e. The molecule has 0 aliphatic heterocycles. The molecule has 6 heteroatoms. The molecule has 4 nitrogen and oxygen atoms in total. The van der Waals surface area contributed by atoms with E-state index in [2.05, 4.69) is 15.3 Å². The van der Waals surface area contributed by atoms with Crippen LogP contribution < -0.4 is 0 Å². The van der Waals surface area contributed by atoms with Gasteiger partial charge in [-0.2, -0.15) is 9.61 Å². The Labute approximate surface area is 90.9 Å². The van der Waals surface area contributed by atoms with Gasteiger partial charge >= 0.3 is 0 Å². The van der Waals surface area contributed by atoms with Crippen molar-refractivity contribution in [2.24, 2.45) is 0 Å². The number of nitrogens with zero attached hydrogens (tertiary/aromatic N) is 4. The van der Waals surface area contributed by atoms with Crippen LogP contribution in [0.15, 0.2) is 0 Å². The van der Waals surface area contributed by atoms with Gasteiger partial charge in [0.25, 0.3) is 0 Å². The molecule has 0 atom stereocenters. The Balaban J connectivity index is 2.11. The molecule has 0 unspecified atom stereocenters. The second kappa shape index (κ2) is 4.23. The third-order valence-corrected chi connectivity index (χ3v) is 3.19. The monoisotopic (exact) mass is 230 g/mol. The maximum absolute atomic E-state index is 5.61. The second-order valence-electron chi connectivity index (χ2n) is 3.08. The van der Waals surface area contributed by atoms with Crippen molar-refractivity contribution in [3.8, 4) is 0 Å². The van der Waals surface area contributed by atoms with Gasteiger partial charge in [-0.05, 0) is 19.8 Å². The highest BCUT2D eigenvalue weighted by Gasteiger charge is 2.07. The number of aryl methyl sites for hydroxylation is 2. The van der Waals surface area contributed by atoms with Crippen molar-refractivity contribution in [3.05, 3.63) is 10.8 Å². The van der Waals surface area contributed by atoms with Gasteiger partial charge in [-0.3, -0.25) is 0 Å². The quantitative estimate of drug-likeness (QED) is 0.597. The number of hydrogen-bond donors (Lipinski definition) is 0. The average molecular weight is 231 g/mol. The molecule has 0 saturated heterocycles. The lowest BCUT2D eigenvalue weighted by Gasteiger charge is -1.91. The highest BCUT2D eigenvalue weighted by atomic mass is 35.5. The summed E-state index contributed by atoms with van der Waals surface area (Å²) >= 11 is 7.21. The van der Waals surface area contributed by atoms with E-state index in [1.807, 2.05) is 6.92 Å². The molecular weight excluding hydrogens is 220 g/mol. The van der Waals surface area contributed by atoms with E-state index in [1.165, 1.54) is 0 Å². The van der Waals surface area contributed by atoms with E-state index in [-0.39, 0.29) is 0 Å². The van der Waals surface area contributed by atoms with Gasteiger partial charge < -0.3 is 0 Å². The van der Waals surface area contributed by atoms with Crippen LogP contribution in [0.3, 0.4) is 0 Å². The topological polar surface area (TPSA) is 43.1 Å². The summed E-state index contributed by atoms with van der Waals surface area (Å²) in [6.07, 6.45) is 3.12. The van der Waals surface area contributed by atoms with Gasteiger partial charge in [-0.15, -0.1) is 21.8 Å². The van der Waals surface area contributed by atoms with Crippen molar-refractivity contribution in [2.75, 3.05) is 5.88 Å². The highest BCUT2D eigenvalue weighted by molar-refractivity contribution is 7.16. The van der Waals surface area contributed by atoms with E-state index in [1.54, 1.807) is 15.9 Å². The fourth-order valence-corrected chi connectivity index (χ4v) is 2.34. The minimum atomic E-state index is 0.725. The van der Waals surface area contributed by atoms with Crippen LogP contribution in [0.4, 0.5) is 0 Å². The fourth-order valence-electron chi connectivity index (χ4n) is 1.23.